The largest absolute Gasteiger partial charge is 0.497 e. The number of ether oxygens (including phenoxy) is 2. The van der Waals surface area contributed by atoms with Crippen molar-refractivity contribution in [2.45, 2.75) is 17.9 Å². The summed E-state index contributed by atoms with van der Waals surface area (Å²) in [5.41, 5.74) is 2.05. The number of thioether (sulfide) groups is 1. The summed E-state index contributed by atoms with van der Waals surface area (Å²) in [6.45, 7) is 2.60. The van der Waals surface area contributed by atoms with Crippen molar-refractivity contribution in [1.29, 1.82) is 0 Å². The molecule has 29 heavy (non-hydrogen) atoms. The van der Waals surface area contributed by atoms with Crippen LogP contribution in [0.25, 0.3) is 0 Å². The molecule has 1 unspecified atom stereocenters. The third-order valence-electron chi connectivity index (χ3n) is 4.39. The van der Waals surface area contributed by atoms with E-state index in [0.29, 0.717) is 12.4 Å². The Kier molecular flexibility index (Phi) is 7.59. The van der Waals surface area contributed by atoms with E-state index in [9.17, 15) is 4.79 Å². The molecule has 0 bridgehead atoms. The van der Waals surface area contributed by atoms with E-state index in [4.69, 9.17) is 9.47 Å². The van der Waals surface area contributed by atoms with Crippen LogP contribution in [0.2, 0.25) is 0 Å². The predicted octanol–water partition coefficient (Wildman–Crippen LogP) is 5.09. The molecule has 0 aliphatic heterocycles. The summed E-state index contributed by atoms with van der Waals surface area (Å²) >= 11 is 1.51. The zero-order valence-electron chi connectivity index (χ0n) is 16.6. The van der Waals surface area contributed by atoms with Crippen molar-refractivity contribution in [1.82, 2.24) is 5.32 Å². The molecule has 0 aliphatic rings. The number of carbonyl (C=O) groups is 1. The number of methoxy groups -OCH3 is 1. The van der Waals surface area contributed by atoms with E-state index in [1.54, 1.807) is 7.11 Å². The second kappa shape index (κ2) is 10.6. The fraction of sp³-hybridized carbons (Fsp3) is 0.208. The normalized spacial score (nSPS) is 11.5. The molecule has 0 aliphatic carbocycles. The van der Waals surface area contributed by atoms with Gasteiger partial charge in [0.25, 0.3) is 0 Å². The van der Waals surface area contributed by atoms with Crippen LogP contribution in [0.5, 0.6) is 11.5 Å². The van der Waals surface area contributed by atoms with E-state index in [-0.39, 0.29) is 11.9 Å². The first-order valence-corrected chi connectivity index (χ1v) is 10.5. The van der Waals surface area contributed by atoms with Crippen LogP contribution in [0.3, 0.4) is 0 Å². The molecule has 0 saturated carbocycles. The van der Waals surface area contributed by atoms with Gasteiger partial charge in [0.2, 0.25) is 5.91 Å². The Balaban J connectivity index is 1.67. The minimum absolute atomic E-state index is 0.0199. The van der Waals surface area contributed by atoms with E-state index >= 15 is 0 Å². The molecule has 0 fully saturated rings. The Bertz CT molecular complexity index is 896. The van der Waals surface area contributed by atoms with Gasteiger partial charge in [-0.25, -0.2) is 0 Å². The molecule has 5 heteroatoms. The van der Waals surface area contributed by atoms with E-state index in [0.717, 1.165) is 27.5 Å². The van der Waals surface area contributed by atoms with Crippen LogP contribution in [0.15, 0.2) is 83.8 Å². The molecule has 3 rings (SSSR count). The first kappa shape index (κ1) is 20.8. The molecule has 3 aromatic rings. The van der Waals surface area contributed by atoms with E-state index < -0.39 is 0 Å². The first-order valence-electron chi connectivity index (χ1n) is 9.53. The Hall–Kier alpha value is -2.92. The standard InChI is InChI=1S/C24H25NO3S/c1-3-28-21-13-15-22(16-14-21)29-17-23(26)25-24(18-7-5-4-6-8-18)19-9-11-20(27-2)12-10-19/h4-16,24H,3,17H2,1-2H3,(H,25,26). The molecule has 0 saturated heterocycles. The van der Waals surface area contributed by atoms with Crippen LogP contribution in [0, 0.1) is 0 Å². The third kappa shape index (κ3) is 6.03. The molecule has 4 nitrogen and oxygen atoms in total. The molecule has 3 aromatic carbocycles. The second-order valence-corrected chi connectivity index (χ2v) is 7.43. The maximum atomic E-state index is 12.7. The van der Waals surface area contributed by atoms with E-state index in [1.807, 2.05) is 85.8 Å². The lowest BCUT2D eigenvalue weighted by Crippen LogP contribution is -2.30. The summed E-state index contributed by atoms with van der Waals surface area (Å²) in [6, 6.07) is 25.3. The Morgan fingerprint density at radius 3 is 2.14 bits per heavy atom. The van der Waals surface area contributed by atoms with Gasteiger partial charge in [-0.3, -0.25) is 4.79 Å². The third-order valence-corrected chi connectivity index (χ3v) is 5.40. The average Bonchev–Trinajstić information content (AvgIpc) is 2.78. The lowest BCUT2D eigenvalue weighted by molar-refractivity contribution is -0.119. The van der Waals surface area contributed by atoms with Crippen molar-refractivity contribution in [3.8, 4) is 11.5 Å². The van der Waals surface area contributed by atoms with Gasteiger partial charge in [0, 0.05) is 4.90 Å². The van der Waals surface area contributed by atoms with Gasteiger partial charge in [0.05, 0.1) is 25.5 Å². The Morgan fingerprint density at radius 1 is 0.897 bits per heavy atom. The monoisotopic (exact) mass is 407 g/mol. The van der Waals surface area contributed by atoms with Gasteiger partial charge >= 0.3 is 0 Å². The van der Waals surface area contributed by atoms with Crippen LogP contribution in [-0.2, 0) is 4.79 Å². The van der Waals surface area contributed by atoms with Gasteiger partial charge < -0.3 is 14.8 Å². The van der Waals surface area contributed by atoms with Crippen LogP contribution in [-0.4, -0.2) is 25.4 Å². The van der Waals surface area contributed by atoms with E-state index in [1.165, 1.54) is 11.8 Å². The summed E-state index contributed by atoms with van der Waals surface area (Å²) in [6.07, 6.45) is 0. The number of amides is 1. The summed E-state index contributed by atoms with van der Waals surface area (Å²) in [4.78, 5) is 13.7. The molecule has 0 radical (unpaired) electrons. The molecule has 150 valence electrons. The highest BCUT2D eigenvalue weighted by Crippen LogP contribution is 2.25. The van der Waals surface area contributed by atoms with Gasteiger partial charge in [0.1, 0.15) is 11.5 Å². The summed E-state index contributed by atoms with van der Waals surface area (Å²) in [7, 11) is 1.64. The van der Waals surface area contributed by atoms with Crippen molar-refractivity contribution >= 4 is 17.7 Å². The maximum Gasteiger partial charge on any atom is 0.231 e. The van der Waals surface area contributed by atoms with Crippen LogP contribution in [0.1, 0.15) is 24.1 Å². The average molecular weight is 408 g/mol. The topological polar surface area (TPSA) is 47.6 Å². The van der Waals surface area contributed by atoms with Gasteiger partial charge in [0.15, 0.2) is 0 Å². The fourth-order valence-electron chi connectivity index (χ4n) is 2.95. The minimum atomic E-state index is -0.212. The zero-order valence-corrected chi connectivity index (χ0v) is 17.4. The van der Waals surface area contributed by atoms with Gasteiger partial charge in [-0.05, 0) is 54.4 Å². The highest BCUT2D eigenvalue weighted by molar-refractivity contribution is 8.00. The molecular formula is C24H25NO3S. The summed E-state index contributed by atoms with van der Waals surface area (Å²) < 4.78 is 10.7. The number of hydrogen-bond acceptors (Lipinski definition) is 4. The van der Waals surface area contributed by atoms with Gasteiger partial charge in [-0.15, -0.1) is 11.8 Å². The maximum absolute atomic E-state index is 12.7. The van der Waals surface area contributed by atoms with Crippen molar-refractivity contribution < 1.29 is 14.3 Å². The SMILES string of the molecule is CCOc1ccc(SCC(=O)NC(c2ccccc2)c2ccc(OC)cc2)cc1. The van der Waals surface area contributed by atoms with Crippen molar-refractivity contribution in [3.63, 3.8) is 0 Å². The molecule has 1 N–H and O–H groups in total. The highest BCUT2D eigenvalue weighted by atomic mass is 32.2. The van der Waals surface area contributed by atoms with Crippen molar-refractivity contribution in [3.05, 3.63) is 90.0 Å². The minimum Gasteiger partial charge on any atom is -0.497 e. The van der Waals surface area contributed by atoms with Crippen LogP contribution in [0.4, 0.5) is 0 Å². The number of benzene rings is 3. The second-order valence-electron chi connectivity index (χ2n) is 6.38. The Labute approximate surface area is 176 Å². The van der Waals surface area contributed by atoms with Gasteiger partial charge in [-0.2, -0.15) is 0 Å². The fourth-order valence-corrected chi connectivity index (χ4v) is 3.66. The van der Waals surface area contributed by atoms with Crippen molar-refractivity contribution in [2.75, 3.05) is 19.5 Å². The van der Waals surface area contributed by atoms with E-state index in [2.05, 4.69) is 5.32 Å². The van der Waals surface area contributed by atoms with Crippen LogP contribution >= 0.6 is 11.8 Å². The molecule has 0 spiro atoms. The van der Waals surface area contributed by atoms with Crippen molar-refractivity contribution in [2.24, 2.45) is 0 Å². The molecular weight excluding hydrogens is 382 g/mol. The smallest absolute Gasteiger partial charge is 0.231 e. The Morgan fingerprint density at radius 2 is 1.52 bits per heavy atom. The quantitative estimate of drug-likeness (QED) is 0.502. The predicted molar refractivity (Wildman–Crippen MR) is 118 cm³/mol. The molecule has 0 aromatic heterocycles. The van der Waals surface area contributed by atoms with Gasteiger partial charge in [-0.1, -0.05) is 42.5 Å². The number of nitrogens with one attached hydrogen (secondary N) is 1. The number of rotatable bonds is 9. The lowest BCUT2D eigenvalue weighted by Gasteiger charge is -2.20. The zero-order chi connectivity index (χ0) is 20.5. The molecule has 1 amide bonds. The molecule has 0 heterocycles. The number of hydrogen-bond donors (Lipinski definition) is 1. The van der Waals surface area contributed by atoms with Crippen LogP contribution < -0.4 is 14.8 Å². The lowest BCUT2D eigenvalue weighted by atomic mass is 9.98. The summed E-state index contributed by atoms with van der Waals surface area (Å²) in [5.74, 6) is 1.95. The first-order chi connectivity index (χ1) is 14.2. The number of carbonyl (C=O) groups excluding carboxylic acids is 1. The molecule has 1 atom stereocenters. The highest BCUT2D eigenvalue weighted by Gasteiger charge is 2.17. The summed E-state index contributed by atoms with van der Waals surface area (Å²) in [5, 5.41) is 3.16.